The maximum absolute atomic E-state index is 12.6. The van der Waals surface area contributed by atoms with Gasteiger partial charge in [0.25, 0.3) is 0 Å². The van der Waals surface area contributed by atoms with E-state index in [0.29, 0.717) is 12.1 Å². The molecular formula is C18H24F3N3O2. The first-order chi connectivity index (χ1) is 12.3. The number of nitrogens with zero attached hydrogens (tertiary/aromatic N) is 2. The summed E-state index contributed by atoms with van der Waals surface area (Å²) in [7, 11) is 0. The van der Waals surface area contributed by atoms with E-state index in [1.165, 1.54) is 0 Å². The number of carbonyl (C=O) groups is 1. The average Bonchev–Trinajstić information content (AvgIpc) is 2.92. The number of hydrogen-bond acceptors (Lipinski definition) is 3. The molecule has 3 aliphatic rings. The first-order valence-electron chi connectivity index (χ1n) is 8.88. The van der Waals surface area contributed by atoms with Gasteiger partial charge in [0.15, 0.2) is 6.61 Å². The van der Waals surface area contributed by atoms with Crippen LogP contribution in [0.3, 0.4) is 0 Å². The molecule has 0 unspecified atom stereocenters. The van der Waals surface area contributed by atoms with Crippen LogP contribution in [0.4, 0.5) is 18.0 Å². The average molecular weight is 371 g/mol. The summed E-state index contributed by atoms with van der Waals surface area (Å²) in [5.74, 6) is 0.158. The van der Waals surface area contributed by atoms with Crippen LogP contribution in [-0.2, 0) is 6.54 Å². The van der Waals surface area contributed by atoms with Gasteiger partial charge in [0, 0.05) is 44.3 Å². The Hall–Kier alpha value is -1.96. The van der Waals surface area contributed by atoms with Crippen LogP contribution in [-0.4, -0.2) is 60.8 Å². The van der Waals surface area contributed by atoms with E-state index >= 15 is 0 Å². The standard InChI is InChI=1S/C18H24F3N3O2/c1-13-2-3-14(16(10-13)26-12-18(19,20)21)11-22-17(25)24-9-8-23-6-4-15(24)5-7-23/h2-3,10,15H,4-9,11-12H2,1H3,(H,22,25). The van der Waals surface area contributed by atoms with Gasteiger partial charge in [-0.15, -0.1) is 0 Å². The minimum atomic E-state index is -4.40. The number of urea groups is 1. The van der Waals surface area contributed by atoms with Gasteiger partial charge >= 0.3 is 12.2 Å². The summed E-state index contributed by atoms with van der Waals surface area (Å²) in [6.07, 6.45) is -2.46. The van der Waals surface area contributed by atoms with Gasteiger partial charge in [0.05, 0.1) is 0 Å². The van der Waals surface area contributed by atoms with Crippen LogP contribution in [0, 0.1) is 6.92 Å². The molecule has 0 spiro atoms. The molecule has 0 aliphatic carbocycles. The number of benzene rings is 1. The van der Waals surface area contributed by atoms with Crippen LogP contribution in [0.1, 0.15) is 24.0 Å². The Labute approximate surface area is 151 Å². The van der Waals surface area contributed by atoms with Gasteiger partial charge in [-0.3, -0.25) is 0 Å². The van der Waals surface area contributed by atoms with E-state index in [9.17, 15) is 18.0 Å². The molecular weight excluding hydrogens is 347 g/mol. The lowest BCUT2D eigenvalue weighted by molar-refractivity contribution is -0.153. The molecule has 3 saturated heterocycles. The number of alkyl halides is 3. The van der Waals surface area contributed by atoms with E-state index in [2.05, 4.69) is 10.2 Å². The van der Waals surface area contributed by atoms with Crippen molar-refractivity contribution in [3.8, 4) is 5.75 Å². The highest BCUT2D eigenvalue weighted by molar-refractivity contribution is 5.74. The zero-order chi connectivity index (χ0) is 18.7. The van der Waals surface area contributed by atoms with Gasteiger partial charge in [-0.25, -0.2) is 4.79 Å². The minimum Gasteiger partial charge on any atom is -0.484 e. The Morgan fingerprint density at radius 2 is 1.96 bits per heavy atom. The molecule has 0 saturated carbocycles. The Kier molecular flexibility index (Phi) is 5.60. The fourth-order valence-corrected chi connectivity index (χ4v) is 3.53. The van der Waals surface area contributed by atoms with E-state index in [1.807, 2.05) is 4.90 Å². The monoisotopic (exact) mass is 371 g/mol. The Morgan fingerprint density at radius 3 is 2.65 bits per heavy atom. The fraction of sp³-hybridized carbons (Fsp3) is 0.611. The van der Waals surface area contributed by atoms with Crippen molar-refractivity contribution in [3.05, 3.63) is 29.3 Å². The van der Waals surface area contributed by atoms with Crippen LogP contribution in [0.25, 0.3) is 0 Å². The van der Waals surface area contributed by atoms with Gasteiger partial charge in [-0.1, -0.05) is 12.1 Å². The molecule has 1 N–H and O–H groups in total. The van der Waals surface area contributed by atoms with Crippen molar-refractivity contribution in [2.75, 3.05) is 32.8 Å². The topological polar surface area (TPSA) is 44.8 Å². The molecule has 144 valence electrons. The summed E-state index contributed by atoms with van der Waals surface area (Å²) < 4.78 is 42.3. The molecule has 2 amide bonds. The highest BCUT2D eigenvalue weighted by atomic mass is 19.4. The fourth-order valence-electron chi connectivity index (χ4n) is 3.53. The van der Waals surface area contributed by atoms with E-state index < -0.39 is 12.8 Å². The van der Waals surface area contributed by atoms with Crippen LogP contribution < -0.4 is 10.1 Å². The summed E-state index contributed by atoms with van der Waals surface area (Å²) in [6, 6.07) is 5.13. The number of ether oxygens (including phenoxy) is 1. The quantitative estimate of drug-likeness (QED) is 0.885. The number of hydrogen-bond donors (Lipinski definition) is 1. The number of amides is 2. The van der Waals surface area contributed by atoms with Crippen LogP contribution in [0.2, 0.25) is 0 Å². The third-order valence-electron chi connectivity index (χ3n) is 4.96. The molecule has 1 aromatic carbocycles. The second-order valence-electron chi connectivity index (χ2n) is 6.94. The number of halogens is 3. The first kappa shape index (κ1) is 18.8. The van der Waals surface area contributed by atoms with E-state index in [4.69, 9.17) is 4.74 Å². The van der Waals surface area contributed by atoms with Gasteiger partial charge in [-0.2, -0.15) is 13.2 Å². The van der Waals surface area contributed by atoms with Crippen molar-refractivity contribution in [2.45, 2.75) is 38.5 Å². The van der Waals surface area contributed by atoms with E-state index in [0.717, 1.165) is 38.0 Å². The molecule has 5 nitrogen and oxygen atoms in total. The maximum Gasteiger partial charge on any atom is 0.422 e. The highest BCUT2D eigenvalue weighted by Gasteiger charge is 2.32. The molecule has 26 heavy (non-hydrogen) atoms. The van der Waals surface area contributed by atoms with Crippen molar-refractivity contribution in [1.82, 2.24) is 15.1 Å². The van der Waals surface area contributed by atoms with Crippen molar-refractivity contribution in [2.24, 2.45) is 0 Å². The maximum atomic E-state index is 12.6. The number of carbonyl (C=O) groups excluding carboxylic acids is 1. The molecule has 4 rings (SSSR count). The molecule has 3 fully saturated rings. The predicted octanol–water partition coefficient (Wildman–Crippen LogP) is 2.93. The van der Waals surface area contributed by atoms with Gasteiger partial charge < -0.3 is 19.9 Å². The van der Waals surface area contributed by atoms with Crippen LogP contribution in [0.15, 0.2) is 18.2 Å². The summed E-state index contributed by atoms with van der Waals surface area (Å²) in [4.78, 5) is 16.8. The number of nitrogens with one attached hydrogen (secondary N) is 1. The normalized spacial score (nSPS) is 22.8. The SMILES string of the molecule is Cc1ccc(CNC(=O)N2CCN3CCC2CC3)c(OCC(F)(F)F)c1. The summed E-state index contributed by atoms with van der Waals surface area (Å²) in [6.45, 7) is 4.16. The summed E-state index contributed by atoms with van der Waals surface area (Å²) in [5.41, 5.74) is 1.34. The zero-order valence-electron chi connectivity index (χ0n) is 14.8. The van der Waals surface area contributed by atoms with Crippen LogP contribution in [0.5, 0.6) is 5.75 Å². The lowest BCUT2D eigenvalue weighted by Crippen LogP contribution is -2.46. The van der Waals surface area contributed by atoms with Gasteiger partial charge in [0.2, 0.25) is 0 Å². The Balaban J connectivity index is 1.62. The Morgan fingerprint density at radius 1 is 1.23 bits per heavy atom. The number of rotatable bonds is 4. The zero-order valence-corrected chi connectivity index (χ0v) is 14.8. The number of piperidine rings is 1. The van der Waals surface area contributed by atoms with Crippen molar-refractivity contribution in [1.29, 1.82) is 0 Å². The van der Waals surface area contributed by atoms with Gasteiger partial charge in [0.1, 0.15) is 5.75 Å². The van der Waals surface area contributed by atoms with Crippen molar-refractivity contribution in [3.63, 3.8) is 0 Å². The molecule has 2 bridgehead atoms. The van der Waals surface area contributed by atoms with Crippen molar-refractivity contribution >= 4 is 6.03 Å². The molecule has 0 radical (unpaired) electrons. The number of aryl methyl sites for hydroxylation is 1. The smallest absolute Gasteiger partial charge is 0.422 e. The minimum absolute atomic E-state index is 0.138. The molecule has 8 heteroatoms. The lowest BCUT2D eigenvalue weighted by atomic mass is 10.1. The molecule has 0 atom stereocenters. The van der Waals surface area contributed by atoms with Gasteiger partial charge in [-0.05, 0) is 31.4 Å². The van der Waals surface area contributed by atoms with Crippen LogP contribution >= 0.6 is 0 Å². The van der Waals surface area contributed by atoms with E-state index in [-0.39, 0.29) is 24.4 Å². The molecule has 3 heterocycles. The lowest BCUT2D eigenvalue weighted by Gasteiger charge is -2.31. The molecule has 0 aromatic heterocycles. The second-order valence-corrected chi connectivity index (χ2v) is 6.94. The summed E-state index contributed by atoms with van der Waals surface area (Å²) >= 11 is 0. The largest absolute Gasteiger partial charge is 0.484 e. The highest BCUT2D eigenvalue weighted by Crippen LogP contribution is 2.24. The molecule has 1 aromatic rings. The van der Waals surface area contributed by atoms with E-state index in [1.54, 1.807) is 25.1 Å². The third-order valence-corrected chi connectivity index (χ3v) is 4.96. The predicted molar refractivity (Wildman–Crippen MR) is 91.1 cm³/mol. The third kappa shape index (κ3) is 4.81. The molecule has 3 aliphatic heterocycles. The first-order valence-corrected chi connectivity index (χ1v) is 8.88. The Bertz CT molecular complexity index is 643. The second kappa shape index (κ2) is 7.73. The van der Waals surface area contributed by atoms with Crippen molar-refractivity contribution < 1.29 is 22.7 Å². The summed E-state index contributed by atoms with van der Waals surface area (Å²) in [5, 5.41) is 2.84. The number of fused-ring (bicyclic) bond motifs is 4.